The van der Waals surface area contributed by atoms with E-state index in [2.05, 4.69) is 36.2 Å². The standard InChI is InChI=1S/C17H25N3O/c1-13(2)19-17(12-18)9-8-16(11-17)21-15-7-5-6-14(10-15)20(3)4/h5-7,10,13,16,19H,8-9,11H2,1-4H3. The molecule has 0 heterocycles. The van der Waals surface area contributed by atoms with Gasteiger partial charge in [0.15, 0.2) is 0 Å². The van der Waals surface area contributed by atoms with Crippen molar-refractivity contribution < 1.29 is 4.74 Å². The highest BCUT2D eigenvalue weighted by molar-refractivity contribution is 5.49. The molecule has 0 radical (unpaired) electrons. The van der Waals surface area contributed by atoms with Crippen molar-refractivity contribution >= 4 is 5.69 Å². The summed E-state index contributed by atoms with van der Waals surface area (Å²) < 4.78 is 6.09. The Morgan fingerprint density at radius 1 is 1.43 bits per heavy atom. The number of rotatable bonds is 5. The first-order chi connectivity index (χ1) is 9.94. The van der Waals surface area contributed by atoms with E-state index >= 15 is 0 Å². The maximum absolute atomic E-state index is 9.49. The van der Waals surface area contributed by atoms with Crippen molar-refractivity contribution in [2.45, 2.75) is 50.8 Å². The van der Waals surface area contributed by atoms with Crippen LogP contribution in [0.4, 0.5) is 5.69 Å². The Labute approximate surface area is 127 Å². The molecule has 1 saturated carbocycles. The van der Waals surface area contributed by atoms with Crippen molar-refractivity contribution in [3.8, 4) is 11.8 Å². The highest BCUT2D eigenvalue weighted by atomic mass is 16.5. The molecule has 0 aromatic heterocycles. The first kappa shape index (κ1) is 15.7. The molecule has 0 spiro atoms. The average molecular weight is 287 g/mol. The molecule has 0 saturated heterocycles. The smallest absolute Gasteiger partial charge is 0.121 e. The van der Waals surface area contributed by atoms with Gasteiger partial charge in [-0.15, -0.1) is 0 Å². The first-order valence-corrected chi connectivity index (χ1v) is 7.57. The molecule has 21 heavy (non-hydrogen) atoms. The normalized spacial score (nSPS) is 24.9. The molecule has 1 aliphatic rings. The Kier molecular flexibility index (Phi) is 4.74. The zero-order valence-electron chi connectivity index (χ0n) is 13.4. The summed E-state index contributed by atoms with van der Waals surface area (Å²) in [6, 6.07) is 10.8. The van der Waals surface area contributed by atoms with E-state index in [1.54, 1.807) is 0 Å². The van der Waals surface area contributed by atoms with Crippen LogP contribution in [0, 0.1) is 11.3 Å². The minimum atomic E-state index is -0.433. The Hall–Kier alpha value is -1.73. The number of ether oxygens (including phenoxy) is 1. The van der Waals surface area contributed by atoms with Gasteiger partial charge in [-0.3, -0.25) is 5.32 Å². The number of nitrogens with one attached hydrogen (secondary N) is 1. The van der Waals surface area contributed by atoms with E-state index in [0.29, 0.717) is 6.04 Å². The van der Waals surface area contributed by atoms with Crippen molar-refractivity contribution in [2.24, 2.45) is 0 Å². The summed E-state index contributed by atoms with van der Waals surface area (Å²) >= 11 is 0. The third-order valence-electron chi connectivity index (χ3n) is 3.88. The van der Waals surface area contributed by atoms with Gasteiger partial charge in [-0.25, -0.2) is 0 Å². The number of anilines is 1. The van der Waals surface area contributed by atoms with Crippen LogP contribution in [-0.4, -0.2) is 31.8 Å². The van der Waals surface area contributed by atoms with Gasteiger partial charge >= 0.3 is 0 Å². The van der Waals surface area contributed by atoms with E-state index in [1.165, 1.54) is 0 Å². The number of nitriles is 1. The summed E-state index contributed by atoms with van der Waals surface area (Å²) in [5.74, 6) is 0.879. The van der Waals surface area contributed by atoms with E-state index in [1.807, 2.05) is 32.3 Å². The highest BCUT2D eigenvalue weighted by Gasteiger charge is 2.40. The lowest BCUT2D eigenvalue weighted by Crippen LogP contribution is -2.46. The van der Waals surface area contributed by atoms with Crippen LogP contribution in [0.25, 0.3) is 0 Å². The van der Waals surface area contributed by atoms with Gasteiger partial charge in [0.1, 0.15) is 17.4 Å². The van der Waals surface area contributed by atoms with Crippen LogP contribution in [0.2, 0.25) is 0 Å². The van der Waals surface area contributed by atoms with Gasteiger partial charge in [-0.2, -0.15) is 5.26 Å². The molecule has 1 aliphatic carbocycles. The third kappa shape index (κ3) is 3.89. The van der Waals surface area contributed by atoms with Gasteiger partial charge in [0.05, 0.1) is 6.07 Å². The fraction of sp³-hybridized carbons (Fsp3) is 0.588. The van der Waals surface area contributed by atoms with Crippen LogP contribution >= 0.6 is 0 Å². The van der Waals surface area contributed by atoms with Crippen molar-refractivity contribution in [3.05, 3.63) is 24.3 Å². The monoisotopic (exact) mass is 287 g/mol. The second kappa shape index (κ2) is 6.36. The lowest BCUT2D eigenvalue weighted by Gasteiger charge is -2.25. The Morgan fingerprint density at radius 3 is 2.81 bits per heavy atom. The summed E-state index contributed by atoms with van der Waals surface area (Å²) in [6.07, 6.45) is 2.61. The minimum Gasteiger partial charge on any atom is -0.490 e. The Morgan fingerprint density at radius 2 is 2.19 bits per heavy atom. The van der Waals surface area contributed by atoms with Gasteiger partial charge in [0, 0.05) is 38.3 Å². The quantitative estimate of drug-likeness (QED) is 0.904. The van der Waals surface area contributed by atoms with Gasteiger partial charge in [0.2, 0.25) is 0 Å². The van der Waals surface area contributed by atoms with Crippen LogP contribution < -0.4 is 15.0 Å². The summed E-state index contributed by atoms with van der Waals surface area (Å²) in [5.41, 5.74) is 0.690. The number of hydrogen-bond acceptors (Lipinski definition) is 4. The number of nitrogens with zero attached hydrogens (tertiary/aromatic N) is 2. The first-order valence-electron chi connectivity index (χ1n) is 7.57. The van der Waals surface area contributed by atoms with E-state index in [-0.39, 0.29) is 6.10 Å². The second-order valence-corrected chi connectivity index (χ2v) is 6.37. The molecule has 1 N–H and O–H groups in total. The van der Waals surface area contributed by atoms with Gasteiger partial charge in [0.25, 0.3) is 0 Å². The summed E-state index contributed by atoms with van der Waals surface area (Å²) in [7, 11) is 4.03. The Balaban J connectivity index is 2.02. The van der Waals surface area contributed by atoms with E-state index in [0.717, 1.165) is 30.7 Å². The third-order valence-corrected chi connectivity index (χ3v) is 3.88. The summed E-state index contributed by atoms with van der Waals surface area (Å²) in [6.45, 7) is 4.15. The molecular weight excluding hydrogens is 262 g/mol. The Bertz CT molecular complexity index is 521. The summed E-state index contributed by atoms with van der Waals surface area (Å²) in [4.78, 5) is 2.06. The molecule has 2 rings (SSSR count). The highest BCUT2D eigenvalue weighted by Crippen LogP contribution is 2.33. The number of hydrogen-bond donors (Lipinski definition) is 1. The zero-order valence-corrected chi connectivity index (χ0v) is 13.4. The van der Waals surface area contributed by atoms with Crippen LogP contribution in [-0.2, 0) is 0 Å². The van der Waals surface area contributed by atoms with E-state index in [4.69, 9.17) is 4.74 Å². The van der Waals surface area contributed by atoms with Crippen LogP contribution in [0.1, 0.15) is 33.1 Å². The lowest BCUT2D eigenvalue weighted by atomic mass is 9.98. The van der Waals surface area contributed by atoms with Gasteiger partial charge in [-0.05, 0) is 38.8 Å². The lowest BCUT2D eigenvalue weighted by molar-refractivity contribution is 0.199. The molecule has 4 heteroatoms. The predicted octanol–water partition coefficient (Wildman–Crippen LogP) is 2.94. The maximum atomic E-state index is 9.49. The van der Waals surface area contributed by atoms with Crippen LogP contribution in [0.5, 0.6) is 5.75 Å². The molecule has 1 fully saturated rings. The summed E-state index contributed by atoms with van der Waals surface area (Å²) in [5, 5.41) is 12.9. The van der Waals surface area contributed by atoms with Crippen molar-refractivity contribution in [1.29, 1.82) is 5.26 Å². The second-order valence-electron chi connectivity index (χ2n) is 6.37. The molecule has 2 unspecified atom stereocenters. The molecule has 1 aromatic rings. The van der Waals surface area contributed by atoms with Crippen LogP contribution in [0.3, 0.4) is 0 Å². The molecule has 0 amide bonds. The minimum absolute atomic E-state index is 0.105. The molecule has 0 aliphatic heterocycles. The van der Waals surface area contributed by atoms with Crippen molar-refractivity contribution in [2.75, 3.05) is 19.0 Å². The van der Waals surface area contributed by atoms with Gasteiger partial charge in [-0.1, -0.05) is 6.07 Å². The van der Waals surface area contributed by atoms with E-state index < -0.39 is 5.54 Å². The fourth-order valence-electron chi connectivity index (χ4n) is 2.95. The molecule has 1 aromatic carbocycles. The van der Waals surface area contributed by atoms with Crippen molar-refractivity contribution in [1.82, 2.24) is 5.32 Å². The van der Waals surface area contributed by atoms with Crippen LogP contribution in [0.15, 0.2) is 24.3 Å². The molecule has 0 bridgehead atoms. The zero-order chi connectivity index (χ0) is 15.5. The average Bonchev–Trinajstić information content (AvgIpc) is 2.82. The predicted molar refractivity (Wildman–Crippen MR) is 85.7 cm³/mol. The van der Waals surface area contributed by atoms with Crippen molar-refractivity contribution in [3.63, 3.8) is 0 Å². The van der Waals surface area contributed by atoms with Gasteiger partial charge < -0.3 is 9.64 Å². The molecule has 4 nitrogen and oxygen atoms in total. The van der Waals surface area contributed by atoms with E-state index in [9.17, 15) is 5.26 Å². The molecular formula is C17H25N3O. The topological polar surface area (TPSA) is 48.3 Å². The largest absolute Gasteiger partial charge is 0.490 e. The maximum Gasteiger partial charge on any atom is 0.121 e. The SMILES string of the molecule is CC(C)NC1(C#N)CCC(Oc2cccc(N(C)C)c2)C1. The molecule has 114 valence electrons. The molecule has 2 atom stereocenters. The fourth-order valence-corrected chi connectivity index (χ4v) is 2.95. The number of benzene rings is 1.